The van der Waals surface area contributed by atoms with Crippen LogP contribution in [0.2, 0.25) is 0 Å². The standard InChI is InChI=1S/C16H27N3O/c1-3-9-20-16-6-4-5-14(10-16)12-19-8-7-18(2)13-15(19)11-17/h4-6,10,15H,3,7-9,11-13,17H2,1-2H3. The Balaban J connectivity index is 1.97. The van der Waals surface area contributed by atoms with Crippen LogP contribution in [-0.2, 0) is 6.54 Å². The Labute approximate surface area is 122 Å². The summed E-state index contributed by atoms with van der Waals surface area (Å²) >= 11 is 0. The van der Waals surface area contributed by atoms with Crippen LogP contribution in [0.15, 0.2) is 24.3 Å². The SMILES string of the molecule is CCCOc1cccc(CN2CCN(C)CC2CN)c1. The molecular weight excluding hydrogens is 250 g/mol. The number of nitrogens with zero attached hydrogens (tertiary/aromatic N) is 2. The van der Waals surface area contributed by atoms with Crippen molar-refractivity contribution < 1.29 is 4.74 Å². The lowest BCUT2D eigenvalue weighted by atomic mass is 10.1. The molecule has 1 atom stereocenters. The Kier molecular flexibility index (Phi) is 5.83. The molecule has 0 amide bonds. The quantitative estimate of drug-likeness (QED) is 0.856. The van der Waals surface area contributed by atoms with E-state index in [1.807, 2.05) is 6.07 Å². The highest BCUT2D eigenvalue weighted by molar-refractivity contribution is 5.28. The van der Waals surface area contributed by atoms with Crippen LogP contribution in [-0.4, -0.2) is 55.7 Å². The Morgan fingerprint density at radius 1 is 1.35 bits per heavy atom. The van der Waals surface area contributed by atoms with Crippen LogP contribution >= 0.6 is 0 Å². The zero-order valence-electron chi connectivity index (χ0n) is 12.7. The summed E-state index contributed by atoms with van der Waals surface area (Å²) in [6, 6.07) is 8.89. The van der Waals surface area contributed by atoms with Gasteiger partial charge in [0.05, 0.1) is 6.61 Å². The highest BCUT2D eigenvalue weighted by atomic mass is 16.5. The van der Waals surface area contributed by atoms with E-state index in [9.17, 15) is 0 Å². The van der Waals surface area contributed by atoms with Gasteiger partial charge in [0.2, 0.25) is 0 Å². The third-order valence-corrected chi connectivity index (χ3v) is 3.84. The predicted octanol–water partition coefficient (Wildman–Crippen LogP) is 1.55. The van der Waals surface area contributed by atoms with Crippen LogP contribution in [0.25, 0.3) is 0 Å². The van der Waals surface area contributed by atoms with E-state index in [0.29, 0.717) is 6.04 Å². The molecule has 20 heavy (non-hydrogen) atoms. The third kappa shape index (κ3) is 4.20. The smallest absolute Gasteiger partial charge is 0.119 e. The minimum absolute atomic E-state index is 0.453. The van der Waals surface area contributed by atoms with Gasteiger partial charge >= 0.3 is 0 Å². The van der Waals surface area contributed by atoms with Gasteiger partial charge in [-0.25, -0.2) is 0 Å². The number of hydrogen-bond donors (Lipinski definition) is 1. The van der Waals surface area contributed by atoms with Crippen molar-refractivity contribution in [1.82, 2.24) is 9.80 Å². The first kappa shape index (κ1) is 15.3. The van der Waals surface area contributed by atoms with Gasteiger partial charge in [0, 0.05) is 38.8 Å². The van der Waals surface area contributed by atoms with Gasteiger partial charge in [0.25, 0.3) is 0 Å². The van der Waals surface area contributed by atoms with Crippen LogP contribution in [0, 0.1) is 0 Å². The van der Waals surface area contributed by atoms with Gasteiger partial charge < -0.3 is 15.4 Å². The van der Waals surface area contributed by atoms with Crippen LogP contribution < -0.4 is 10.5 Å². The van der Waals surface area contributed by atoms with Crippen molar-refractivity contribution in [2.45, 2.75) is 25.9 Å². The number of nitrogens with two attached hydrogens (primary N) is 1. The van der Waals surface area contributed by atoms with Crippen LogP contribution in [0.3, 0.4) is 0 Å². The van der Waals surface area contributed by atoms with Crippen LogP contribution in [0.4, 0.5) is 0 Å². The van der Waals surface area contributed by atoms with Gasteiger partial charge in [-0.3, -0.25) is 4.90 Å². The first-order valence-electron chi connectivity index (χ1n) is 7.57. The van der Waals surface area contributed by atoms with Crippen molar-refractivity contribution in [3.05, 3.63) is 29.8 Å². The molecule has 0 aliphatic carbocycles. The fraction of sp³-hybridized carbons (Fsp3) is 0.625. The highest BCUT2D eigenvalue weighted by Crippen LogP contribution is 2.17. The Hall–Kier alpha value is -1.10. The minimum atomic E-state index is 0.453. The van der Waals surface area contributed by atoms with Crippen molar-refractivity contribution in [3.8, 4) is 5.75 Å². The Morgan fingerprint density at radius 3 is 2.95 bits per heavy atom. The molecule has 1 heterocycles. The number of piperazine rings is 1. The van der Waals surface area contributed by atoms with Gasteiger partial charge in [-0.15, -0.1) is 0 Å². The number of benzene rings is 1. The summed E-state index contributed by atoms with van der Waals surface area (Å²) in [5.74, 6) is 0.975. The molecule has 1 aliphatic rings. The molecule has 1 unspecified atom stereocenters. The van der Waals surface area contributed by atoms with E-state index in [0.717, 1.165) is 51.5 Å². The monoisotopic (exact) mass is 277 g/mol. The molecule has 2 rings (SSSR count). The maximum atomic E-state index is 5.91. The summed E-state index contributed by atoms with van der Waals surface area (Å²) in [5.41, 5.74) is 7.22. The lowest BCUT2D eigenvalue weighted by Crippen LogP contribution is -2.54. The number of rotatable bonds is 6. The largest absolute Gasteiger partial charge is 0.494 e. The second-order valence-corrected chi connectivity index (χ2v) is 5.62. The molecule has 4 heteroatoms. The van der Waals surface area contributed by atoms with E-state index in [2.05, 4.69) is 42.0 Å². The normalized spacial score (nSPS) is 21.1. The zero-order valence-corrected chi connectivity index (χ0v) is 12.7. The first-order chi connectivity index (χ1) is 9.72. The van der Waals surface area contributed by atoms with Gasteiger partial charge in [-0.05, 0) is 31.2 Å². The van der Waals surface area contributed by atoms with Crippen molar-refractivity contribution in [1.29, 1.82) is 0 Å². The summed E-state index contributed by atoms with van der Waals surface area (Å²) in [6.45, 7) is 7.84. The van der Waals surface area contributed by atoms with Gasteiger partial charge in [0.1, 0.15) is 5.75 Å². The van der Waals surface area contributed by atoms with E-state index in [1.54, 1.807) is 0 Å². The average Bonchev–Trinajstić information content (AvgIpc) is 2.47. The van der Waals surface area contributed by atoms with Crippen molar-refractivity contribution in [2.75, 3.05) is 39.8 Å². The van der Waals surface area contributed by atoms with Gasteiger partial charge in [-0.1, -0.05) is 19.1 Å². The predicted molar refractivity (Wildman–Crippen MR) is 83.0 cm³/mol. The zero-order chi connectivity index (χ0) is 14.4. The number of ether oxygens (including phenoxy) is 1. The summed E-state index contributed by atoms with van der Waals surface area (Å²) < 4.78 is 5.70. The first-order valence-corrected chi connectivity index (χ1v) is 7.57. The molecule has 0 spiro atoms. The van der Waals surface area contributed by atoms with E-state index in [-0.39, 0.29) is 0 Å². The molecule has 1 fully saturated rings. The lowest BCUT2D eigenvalue weighted by molar-refractivity contribution is 0.0880. The van der Waals surface area contributed by atoms with Crippen molar-refractivity contribution in [2.24, 2.45) is 5.73 Å². The summed E-state index contributed by atoms with van der Waals surface area (Å²) in [7, 11) is 2.17. The lowest BCUT2D eigenvalue weighted by Gasteiger charge is -2.39. The molecule has 4 nitrogen and oxygen atoms in total. The molecule has 1 aliphatic heterocycles. The second kappa shape index (κ2) is 7.62. The molecule has 0 bridgehead atoms. The topological polar surface area (TPSA) is 41.7 Å². The molecule has 2 N–H and O–H groups in total. The van der Waals surface area contributed by atoms with E-state index in [4.69, 9.17) is 10.5 Å². The average molecular weight is 277 g/mol. The van der Waals surface area contributed by atoms with Crippen molar-refractivity contribution in [3.63, 3.8) is 0 Å². The number of hydrogen-bond acceptors (Lipinski definition) is 4. The summed E-state index contributed by atoms with van der Waals surface area (Å²) in [4.78, 5) is 4.84. The maximum absolute atomic E-state index is 5.91. The molecule has 0 saturated carbocycles. The fourth-order valence-corrected chi connectivity index (χ4v) is 2.67. The molecule has 0 aromatic heterocycles. The molecular formula is C16H27N3O. The van der Waals surface area contributed by atoms with Crippen LogP contribution in [0.1, 0.15) is 18.9 Å². The Bertz CT molecular complexity index is 410. The maximum Gasteiger partial charge on any atom is 0.119 e. The molecule has 1 aromatic carbocycles. The highest BCUT2D eigenvalue weighted by Gasteiger charge is 2.23. The Morgan fingerprint density at radius 2 is 2.20 bits per heavy atom. The fourth-order valence-electron chi connectivity index (χ4n) is 2.67. The summed E-state index contributed by atoms with van der Waals surface area (Å²) in [6.07, 6.45) is 1.04. The van der Waals surface area contributed by atoms with Crippen molar-refractivity contribution >= 4 is 0 Å². The van der Waals surface area contributed by atoms with Gasteiger partial charge in [0.15, 0.2) is 0 Å². The van der Waals surface area contributed by atoms with E-state index >= 15 is 0 Å². The van der Waals surface area contributed by atoms with E-state index < -0.39 is 0 Å². The number of likely N-dealkylation sites (N-methyl/N-ethyl adjacent to an activating group) is 1. The van der Waals surface area contributed by atoms with Crippen LogP contribution in [0.5, 0.6) is 5.75 Å². The molecule has 112 valence electrons. The molecule has 1 saturated heterocycles. The summed E-state index contributed by atoms with van der Waals surface area (Å²) in [5, 5.41) is 0. The third-order valence-electron chi connectivity index (χ3n) is 3.84. The second-order valence-electron chi connectivity index (χ2n) is 5.62. The van der Waals surface area contributed by atoms with E-state index in [1.165, 1.54) is 5.56 Å². The molecule has 0 radical (unpaired) electrons. The van der Waals surface area contributed by atoms with Gasteiger partial charge in [-0.2, -0.15) is 0 Å². The molecule has 1 aromatic rings. The minimum Gasteiger partial charge on any atom is -0.494 e.